The topological polar surface area (TPSA) is 32.3 Å². The predicted octanol–water partition coefficient (Wildman–Crippen LogP) is 1.78. The number of amides is 1. The first kappa shape index (κ1) is 11.7. The molecule has 3 nitrogen and oxygen atoms in total. The summed E-state index contributed by atoms with van der Waals surface area (Å²) in [5.41, 5.74) is 1.23. The molecule has 0 bridgehead atoms. The van der Waals surface area contributed by atoms with Gasteiger partial charge in [-0.05, 0) is 41.9 Å². The molecule has 0 aromatic heterocycles. The molecule has 3 aliphatic heterocycles. The van der Waals surface area contributed by atoms with Gasteiger partial charge in [-0.15, -0.1) is 0 Å². The van der Waals surface area contributed by atoms with Crippen LogP contribution in [0.1, 0.15) is 12.8 Å². The Balaban J connectivity index is 1.82. The zero-order chi connectivity index (χ0) is 11.8. The standard InChI is InChI=1S/C12H16N2OS2/c1-2-8-7-14(9-3-5-16-6-4-9)12(15)10-11(8)17-13-10/h2,9-10,13H,1,3-7H2. The minimum Gasteiger partial charge on any atom is -0.334 e. The van der Waals surface area contributed by atoms with Gasteiger partial charge in [0.2, 0.25) is 5.91 Å². The minimum absolute atomic E-state index is 0.0728. The van der Waals surface area contributed by atoms with Gasteiger partial charge in [-0.2, -0.15) is 11.8 Å². The summed E-state index contributed by atoms with van der Waals surface area (Å²) in [6.07, 6.45) is 4.18. The van der Waals surface area contributed by atoms with Gasteiger partial charge in [0, 0.05) is 17.5 Å². The molecule has 0 saturated carbocycles. The van der Waals surface area contributed by atoms with E-state index in [1.165, 1.54) is 22.0 Å². The fourth-order valence-corrected chi connectivity index (χ4v) is 4.48. The lowest BCUT2D eigenvalue weighted by Gasteiger charge is -2.44. The van der Waals surface area contributed by atoms with E-state index in [2.05, 4.69) is 16.2 Å². The number of hydrogen-bond donors (Lipinski definition) is 1. The monoisotopic (exact) mass is 268 g/mol. The molecule has 1 amide bonds. The summed E-state index contributed by atoms with van der Waals surface area (Å²) in [5, 5.41) is 0. The molecular weight excluding hydrogens is 252 g/mol. The van der Waals surface area contributed by atoms with Crippen LogP contribution in [0.5, 0.6) is 0 Å². The molecule has 92 valence electrons. The zero-order valence-corrected chi connectivity index (χ0v) is 11.3. The van der Waals surface area contributed by atoms with Crippen LogP contribution in [0.25, 0.3) is 0 Å². The maximum atomic E-state index is 12.3. The molecule has 0 aliphatic carbocycles. The highest BCUT2D eigenvalue weighted by atomic mass is 32.2. The normalized spacial score (nSPS) is 30.0. The first-order chi connectivity index (χ1) is 8.31. The van der Waals surface area contributed by atoms with E-state index < -0.39 is 0 Å². The fourth-order valence-electron chi connectivity index (χ4n) is 2.57. The van der Waals surface area contributed by atoms with Crippen molar-refractivity contribution < 1.29 is 4.79 Å². The quantitative estimate of drug-likeness (QED) is 0.774. The van der Waals surface area contributed by atoms with Crippen molar-refractivity contribution in [1.82, 2.24) is 9.62 Å². The van der Waals surface area contributed by atoms with Crippen LogP contribution < -0.4 is 4.72 Å². The average Bonchev–Trinajstić information content (AvgIpc) is 2.32. The number of carbonyl (C=O) groups is 1. The number of nitrogens with zero attached hydrogens (tertiary/aromatic N) is 1. The Morgan fingerprint density at radius 3 is 2.76 bits per heavy atom. The molecule has 0 spiro atoms. The van der Waals surface area contributed by atoms with E-state index in [-0.39, 0.29) is 11.9 Å². The van der Waals surface area contributed by atoms with Gasteiger partial charge in [0.05, 0.1) is 0 Å². The number of carbonyl (C=O) groups excluding carboxylic acids is 1. The van der Waals surface area contributed by atoms with E-state index in [9.17, 15) is 4.79 Å². The van der Waals surface area contributed by atoms with Crippen LogP contribution in [0, 0.1) is 0 Å². The molecule has 0 aromatic carbocycles. The maximum Gasteiger partial charge on any atom is 0.246 e. The third-order valence-electron chi connectivity index (χ3n) is 3.61. The summed E-state index contributed by atoms with van der Waals surface area (Å²) in [4.78, 5) is 15.6. The molecule has 1 unspecified atom stereocenters. The van der Waals surface area contributed by atoms with Gasteiger partial charge in [-0.25, -0.2) is 4.72 Å². The predicted molar refractivity (Wildman–Crippen MR) is 73.8 cm³/mol. The lowest BCUT2D eigenvalue weighted by atomic mass is 10.0. The Morgan fingerprint density at radius 2 is 2.18 bits per heavy atom. The lowest BCUT2D eigenvalue weighted by Crippen LogP contribution is -2.58. The second-order valence-corrected chi connectivity index (χ2v) is 6.66. The van der Waals surface area contributed by atoms with Crippen molar-refractivity contribution in [2.45, 2.75) is 24.9 Å². The molecule has 2 fully saturated rings. The number of thioether (sulfide) groups is 1. The van der Waals surface area contributed by atoms with Crippen LogP contribution >= 0.6 is 23.7 Å². The van der Waals surface area contributed by atoms with Crippen molar-refractivity contribution in [3.63, 3.8) is 0 Å². The molecule has 17 heavy (non-hydrogen) atoms. The van der Waals surface area contributed by atoms with Crippen LogP contribution in [0.4, 0.5) is 0 Å². The van der Waals surface area contributed by atoms with Gasteiger partial charge in [0.25, 0.3) is 0 Å². The third kappa shape index (κ3) is 1.94. The largest absolute Gasteiger partial charge is 0.334 e. The molecular formula is C12H16N2OS2. The Kier molecular flexibility index (Phi) is 3.23. The Hall–Kier alpha value is -0.390. The second kappa shape index (κ2) is 4.71. The van der Waals surface area contributed by atoms with Crippen molar-refractivity contribution in [3.8, 4) is 0 Å². The SMILES string of the molecule is C=CC1=C2SNC2C(=O)N(C2CCSCC2)C1. The van der Waals surface area contributed by atoms with E-state index in [0.717, 1.165) is 19.4 Å². The smallest absolute Gasteiger partial charge is 0.246 e. The van der Waals surface area contributed by atoms with E-state index in [0.29, 0.717) is 6.04 Å². The minimum atomic E-state index is -0.0728. The highest BCUT2D eigenvalue weighted by Crippen LogP contribution is 2.38. The van der Waals surface area contributed by atoms with E-state index >= 15 is 0 Å². The number of fused-ring (bicyclic) bond motifs is 1. The molecule has 0 radical (unpaired) electrons. The summed E-state index contributed by atoms with van der Waals surface area (Å²) in [7, 11) is 0. The molecule has 1 N–H and O–H groups in total. The third-order valence-corrected chi connectivity index (χ3v) is 5.73. The summed E-state index contributed by atoms with van der Waals surface area (Å²) < 4.78 is 3.15. The van der Waals surface area contributed by atoms with Gasteiger partial charge in [0.15, 0.2) is 0 Å². The summed E-state index contributed by atoms with van der Waals surface area (Å²) in [6, 6.07) is 0.365. The van der Waals surface area contributed by atoms with Crippen LogP contribution in [0.3, 0.4) is 0 Å². The maximum absolute atomic E-state index is 12.3. The van der Waals surface area contributed by atoms with Crippen molar-refractivity contribution in [2.75, 3.05) is 18.1 Å². The first-order valence-electron chi connectivity index (χ1n) is 5.97. The van der Waals surface area contributed by atoms with E-state index in [1.807, 2.05) is 17.8 Å². The Labute approximate surface area is 110 Å². The highest BCUT2D eigenvalue weighted by Gasteiger charge is 2.42. The van der Waals surface area contributed by atoms with Gasteiger partial charge >= 0.3 is 0 Å². The van der Waals surface area contributed by atoms with Crippen molar-refractivity contribution in [3.05, 3.63) is 23.1 Å². The molecule has 2 saturated heterocycles. The molecule has 3 heterocycles. The molecule has 3 rings (SSSR count). The van der Waals surface area contributed by atoms with E-state index in [4.69, 9.17) is 0 Å². The van der Waals surface area contributed by atoms with Crippen molar-refractivity contribution >= 4 is 29.6 Å². The average molecular weight is 268 g/mol. The Morgan fingerprint density at radius 1 is 1.41 bits per heavy atom. The summed E-state index contributed by atoms with van der Waals surface area (Å²) in [6.45, 7) is 4.63. The molecule has 3 aliphatic rings. The first-order valence-corrected chi connectivity index (χ1v) is 7.94. The molecule has 1 atom stereocenters. The zero-order valence-electron chi connectivity index (χ0n) is 9.65. The van der Waals surface area contributed by atoms with Gasteiger partial charge in [-0.3, -0.25) is 4.79 Å². The lowest BCUT2D eigenvalue weighted by molar-refractivity contribution is -0.134. The number of nitrogens with one attached hydrogen (secondary N) is 1. The summed E-state index contributed by atoms with van der Waals surface area (Å²) in [5.74, 6) is 2.63. The van der Waals surface area contributed by atoms with Crippen LogP contribution in [-0.4, -0.2) is 40.9 Å². The van der Waals surface area contributed by atoms with Crippen molar-refractivity contribution in [1.29, 1.82) is 0 Å². The van der Waals surface area contributed by atoms with Crippen LogP contribution in [0.15, 0.2) is 23.1 Å². The van der Waals surface area contributed by atoms with E-state index in [1.54, 1.807) is 11.9 Å². The van der Waals surface area contributed by atoms with Crippen molar-refractivity contribution in [2.24, 2.45) is 0 Å². The highest BCUT2D eigenvalue weighted by molar-refractivity contribution is 8.03. The molecule has 5 heteroatoms. The molecule has 0 aromatic rings. The van der Waals surface area contributed by atoms with Gasteiger partial charge < -0.3 is 4.90 Å². The van der Waals surface area contributed by atoms with Gasteiger partial charge in [0.1, 0.15) is 6.04 Å². The second-order valence-electron chi connectivity index (χ2n) is 4.56. The number of rotatable bonds is 2. The summed E-state index contributed by atoms with van der Waals surface area (Å²) >= 11 is 3.58. The van der Waals surface area contributed by atoms with Gasteiger partial charge in [-0.1, -0.05) is 12.7 Å². The van der Waals surface area contributed by atoms with Crippen LogP contribution in [0.2, 0.25) is 0 Å². The Bertz CT molecular complexity index is 388. The fraction of sp³-hybridized carbons (Fsp3) is 0.583. The van der Waals surface area contributed by atoms with Crippen LogP contribution in [-0.2, 0) is 4.79 Å². The number of hydrogen-bond acceptors (Lipinski definition) is 4.